The molecule has 6 heteroatoms. The van der Waals surface area contributed by atoms with Crippen LogP contribution in [0.15, 0.2) is 23.6 Å². The van der Waals surface area contributed by atoms with Crippen molar-refractivity contribution in [2.75, 3.05) is 6.54 Å². The largest absolute Gasteiger partial charge is 0.481 e. The van der Waals surface area contributed by atoms with Crippen molar-refractivity contribution >= 4 is 28.8 Å². The topological polar surface area (TPSA) is 51.2 Å². The minimum Gasteiger partial charge on any atom is -0.481 e. The third kappa shape index (κ3) is 5.80. The van der Waals surface area contributed by atoms with Crippen molar-refractivity contribution in [2.24, 2.45) is 0 Å². The Labute approximate surface area is 152 Å². The SMILES string of the molecule is Cc1csc(CCCCNC(=O)C(C)Oc2ccc(Cl)c(C)c2)n1. The first-order valence-corrected chi connectivity index (χ1v) is 9.33. The van der Waals surface area contributed by atoms with E-state index in [-0.39, 0.29) is 5.91 Å². The van der Waals surface area contributed by atoms with Gasteiger partial charge in [0.25, 0.3) is 5.91 Å². The summed E-state index contributed by atoms with van der Waals surface area (Å²) >= 11 is 7.68. The van der Waals surface area contributed by atoms with Crippen LogP contribution in [0.5, 0.6) is 5.75 Å². The standard InChI is InChI=1S/C18H23ClN2O2S/c1-12-10-15(7-8-16(12)19)23-14(3)18(22)20-9-5-4-6-17-21-13(2)11-24-17/h7-8,10-11,14H,4-6,9H2,1-3H3,(H,20,22). The third-order valence-corrected chi connectivity index (χ3v) is 5.05. The molecule has 1 amide bonds. The maximum Gasteiger partial charge on any atom is 0.260 e. The number of unbranched alkanes of at least 4 members (excludes halogenated alkanes) is 1. The van der Waals surface area contributed by atoms with Gasteiger partial charge in [-0.2, -0.15) is 0 Å². The van der Waals surface area contributed by atoms with Gasteiger partial charge in [0.2, 0.25) is 0 Å². The summed E-state index contributed by atoms with van der Waals surface area (Å²) < 4.78 is 5.66. The van der Waals surface area contributed by atoms with Crippen LogP contribution in [0, 0.1) is 13.8 Å². The molecule has 0 spiro atoms. The van der Waals surface area contributed by atoms with E-state index in [1.165, 1.54) is 0 Å². The Bertz CT molecular complexity index is 687. The first-order valence-electron chi connectivity index (χ1n) is 8.07. The number of ether oxygens (including phenoxy) is 1. The third-order valence-electron chi connectivity index (χ3n) is 3.59. The highest BCUT2D eigenvalue weighted by molar-refractivity contribution is 7.09. The second kappa shape index (κ2) is 9.04. The lowest BCUT2D eigenvalue weighted by Gasteiger charge is -2.15. The minimum absolute atomic E-state index is 0.104. The Hall–Kier alpha value is -1.59. The Morgan fingerprint density at radius 3 is 2.83 bits per heavy atom. The maximum atomic E-state index is 12.1. The van der Waals surface area contributed by atoms with E-state index in [0.717, 1.165) is 35.5 Å². The van der Waals surface area contributed by atoms with E-state index < -0.39 is 6.10 Å². The van der Waals surface area contributed by atoms with Crippen LogP contribution >= 0.6 is 22.9 Å². The van der Waals surface area contributed by atoms with Crippen molar-refractivity contribution in [1.82, 2.24) is 10.3 Å². The van der Waals surface area contributed by atoms with Crippen LogP contribution in [0.1, 0.15) is 36.0 Å². The van der Waals surface area contributed by atoms with Gasteiger partial charge in [0.15, 0.2) is 6.10 Å². The predicted molar refractivity (Wildman–Crippen MR) is 99.1 cm³/mol. The van der Waals surface area contributed by atoms with Gasteiger partial charge in [0, 0.05) is 22.6 Å². The van der Waals surface area contributed by atoms with Crippen LogP contribution in [0.3, 0.4) is 0 Å². The highest BCUT2D eigenvalue weighted by atomic mass is 35.5. The number of benzene rings is 1. The van der Waals surface area contributed by atoms with Crippen LogP contribution in [-0.2, 0) is 11.2 Å². The Morgan fingerprint density at radius 2 is 2.17 bits per heavy atom. The van der Waals surface area contributed by atoms with E-state index in [9.17, 15) is 4.79 Å². The van der Waals surface area contributed by atoms with Crippen LogP contribution in [-0.4, -0.2) is 23.5 Å². The number of hydrogen-bond acceptors (Lipinski definition) is 4. The summed E-state index contributed by atoms with van der Waals surface area (Å²) in [6, 6.07) is 5.38. The molecule has 1 aromatic carbocycles. The summed E-state index contributed by atoms with van der Waals surface area (Å²) in [5.74, 6) is 0.548. The van der Waals surface area contributed by atoms with Crippen LogP contribution in [0.25, 0.3) is 0 Å². The van der Waals surface area contributed by atoms with Gasteiger partial charge in [-0.1, -0.05) is 11.6 Å². The molecule has 0 saturated carbocycles. The molecule has 0 bridgehead atoms. The zero-order valence-corrected chi connectivity index (χ0v) is 15.8. The van der Waals surface area contributed by atoms with Gasteiger partial charge in [-0.05, 0) is 63.8 Å². The second-order valence-electron chi connectivity index (χ2n) is 5.80. The van der Waals surface area contributed by atoms with E-state index in [1.54, 1.807) is 30.4 Å². The molecule has 0 saturated heterocycles. The molecular weight excluding hydrogens is 344 g/mol. The lowest BCUT2D eigenvalue weighted by Crippen LogP contribution is -2.36. The average molecular weight is 367 g/mol. The van der Waals surface area contributed by atoms with Crippen molar-refractivity contribution in [3.05, 3.63) is 44.9 Å². The predicted octanol–water partition coefficient (Wildman–Crippen LogP) is 4.32. The lowest BCUT2D eigenvalue weighted by molar-refractivity contribution is -0.127. The molecule has 1 heterocycles. The normalized spacial score (nSPS) is 12.0. The van der Waals surface area contributed by atoms with Crippen LogP contribution < -0.4 is 10.1 Å². The van der Waals surface area contributed by atoms with Gasteiger partial charge in [0.1, 0.15) is 5.75 Å². The Balaban J connectivity index is 1.66. The van der Waals surface area contributed by atoms with E-state index in [2.05, 4.69) is 15.7 Å². The van der Waals surface area contributed by atoms with Gasteiger partial charge in [-0.15, -0.1) is 11.3 Å². The molecule has 1 atom stereocenters. The molecule has 0 radical (unpaired) electrons. The molecule has 4 nitrogen and oxygen atoms in total. The summed E-state index contributed by atoms with van der Waals surface area (Å²) in [6.45, 7) is 6.31. The highest BCUT2D eigenvalue weighted by Crippen LogP contribution is 2.21. The van der Waals surface area contributed by atoms with Crippen molar-refractivity contribution in [2.45, 2.75) is 46.1 Å². The molecule has 0 aliphatic heterocycles. The molecule has 1 aromatic heterocycles. The fraction of sp³-hybridized carbons (Fsp3) is 0.444. The Morgan fingerprint density at radius 1 is 1.38 bits per heavy atom. The maximum absolute atomic E-state index is 12.1. The number of carbonyl (C=O) groups excluding carboxylic acids is 1. The first kappa shape index (κ1) is 18.7. The molecule has 2 rings (SSSR count). The van der Waals surface area contributed by atoms with E-state index in [1.807, 2.05) is 19.9 Å². The first-order chi connectivity index (χ1) is 11.5. The van der Waals surface area contributed by atoms with Crippen LogP contribution in [0.2, 0.25) is 5.02 Å². The average Bonchev–Trinajstić information content (AvgIpc) is 2.95. The van der Waals surface area contributed by atoms with E-state index in [4.69, 9.17) is 16.3 Å². The van der Waals surface area contributed by atoms with Gasteiger partial charge >= 0.3 is 0 Å². The minimum atomic E-state index is -0.535. The fourth-order valence-electron chi connectivity index (χ4n) is 2.22. The number of amides is 1. The Kier molecular flexibility index (Phi) is 7.06. The number of thiazole rings is 1. The summed E-state index contributed by atoms with van der Waals surface area (Å²) in [6.07, 6.45) is 2.37. The molecule has 2 aromatic rings. The summed E-state index contributed by atoms with van der Waals surface area (Å²) in [5.41, 5.74) is 2.01. The molecule has 0 aliphatic carbocycles. The van der Waals surface area contributed by atoms with Crippen LogP contribution in [0.4, 0.5) is 0 Å². The molecule has 1 unspecified atom stereocenters. The number of nitrogens with one attached hydrogen (secondary N) is 1. The number of aryl methyl sites for hydroxylation is 3. The molecule has 1 N–H and O–H groups in total. The monoisotopic (exact) mass is 366 g/mol. The lowest BCUT2D eigenvalue weighted by atomic mass is 10.2. The zero-order valence-electron chi connectivity index (χ0n) is 14.3. The second-order valence-corrected chi connectivity index (χ2v) is 7.15. The smallest absolute Gasteiger partial charge is 0.260 e. The molecular formula is C18H23ClN2O2S. The van der Waals surface area contributed by atoms with Crippen molar-refractivity contribution < 1.29 is 9.53 Å². The number of carbonyl (C=O) groups is 1. The molecule has 24 heavy (non-hydrogen) atoms. The quantitative estimate of drug-likeness (QED) is 0.708. The van der Waals surface area contributed by atoms with Gasteiger partial charge in [0.05, 0.1) is 5.01 Å². The fourth-order valence-corrected chi connectivity index (χ4v) is 3.16. The molecule has 0 aliphatic rings. The molecule has 130 valence electrons. The molecule has 0 fully saturated rings. The van der Waals surface area contributed by atoms with Gasteiger partial charge in [-0.3, -0.25) is 4.79 Å². The number of halogens is 1. The number of rotatable bonds is 8. The van der Waals surface area contributed by atoms with Gasteiger partial charge in [-0.25, -0.2) is 4.98 Å². The zero-order chi connectivity index (χ0) is 17.5. The van der Waals surface area contributed by atoms with Gasteiger partial charge < -0.3 is 10.1 Å². The highest BCUT2D eigenvalue weighted by Gasteiger charge is 2.14. The summed E-state index contributed by atoms with van der Waals surface area (Å²) in [5, 5.41) is 6.83. The van der Waals surface area contributed by atoms with Crippen molar-refractivity contribution in [1.29, 1.82) is 0 Å². The van der Waals surface area contributed by atoms with E-state index in [0.29, 0.717) is 17.3 Å². The van der Waals surface area contributed by atoms with E-state index >= 15 is 0 Å². The van der Waals surface area contributed by atoms with Crippen molar-refractivity contribution in [3.63, 3.8) is 0 Å². The van der Waals surface area contributed by atoms with Crippen molar-refractivity contribution in [3.8, 4) is 5.75 Å². The number of hydrogen-bond donors (Lipinski definition) is 1. The number of nitrogens with zero attached hydrogens (tertiary/aromatic N) is 1. The summed E-state index contributed by atoms with van der Waals surface area (Å²) in [4.78, 5) is 16.5. The summed E-state index contributed by atoms with van der Waals surface area (Å²) in [7, 11) is 0. The number of aromatic nitrogens is 1.